The monoisotopic (exact) mass is 427 g/mol. The summed E-state index contributed by atoms with van der Waals surface area (Å²) < 4.78 is 16.1. The minimum atomic E-state index is -0.918. The summed E-state index contributed by atoms with van der Waals surface area (Å²) in [5.41, 5.74) is 1.52. The van der Waals surface area contributed by atoms with Gasteiger partial charge in [0.2, 0.25) is 5.88 Å². The third-order valence-electron chi connectivity index (χ3n) is 5.55. The minimum absolute atomic E-state index is 0.0345. The van der Waals surface area contributed by atoms with E-state index in [1.165, 1.54) is 0 Å². The molecule has 2 N–H and O–H groups in total. The van der Waals surface area contributed by atoms with Crippen molar-refractivity contribution in [3.63, 3.8) is 0 Å². The Morgan fingerprint density at radius 1 is 1.19 bits per heavy atom. The molecule has 0 saturated carbocycles. The number of likely N-dealkylation sites (tertiary alicyclic amines) is 1. The van der Waals surface area contributed by atoms with Gasteiger partial charge in [-0.1, -0.05) is 30.3 Å². The first-order chi connectivity index (χ1) is 15.2. The second-order valence-corrected chi connectivity index (χ2v) is 7.97. The predicted molar refractivity (Wildman–Crippen MR) is 114 cm³/mol. The molecule has 1 amide bonds. The Labute approximate surface area is 182 Å². The highest BCUT2D eigenvalue weighted by Gasteiger charge is 2.28. The molecule has 0 spiro atoms. The summed E-state index contributed by atoms with van der Waals surface area (Å²) in [6.45, 7) is 3.77. The zero-order valence-electron chi connectivity index (χ0n) is 17.5. The first kappa shape index (κ1) is 21.5. The predicted octanol–water partition coefficient (Wildman–Crippen LogP) is 2.28. The number of hydrogen-bond acceptors (Lipinski definition) is 7. The molecule has 2 fully saturated rings. The van der Waals surface area contributed by atoms with Crippen LogP contribution >= 0.6 is 0 Å². The third-order valence-corrected chi connectivity index (χ3v) is 5.55. The van der Waals surface area contributed by atoms with Crippen molar-refractivity contribution in [2.45, 2.75) is 37.7 Å². The number of aromatic nitrogens is 1. The number of aliphatic hydroxyl groups excluding tert-OH is 1. The SMILES string of the molecule is O=C(N[C@H](CN1CCCC1)C(O)c1ccc(OC2COC2)nc1)OCc1ccccc1. The highest BCUT2D eigenvalue weighted by Crippen LogP contribution is 2.22. The maximum Gasteiger partial charge on any atom is 0.407 e. The number of pyridine rings is 1. The van der Waals surface area contributed by atoms with E-state index >= 15 is 0 Å². The van der Waals surface area contributed by atoms with Gasteiger partial charge >= 0.3 is 6.09 Å². The van der Waals surface area contributed by atoms with Crippen LogP contribution in [0.1, 0.15) is 30.1 Å². The molecule has 1 aromatic carbocycles. The lowest BCUT2D eigenvalue weighted by atomic mass is 10.0. The van der Waals surface area contributed by atoms with Crippen molar-refractivity contribution in [2.24, 2.45) is 0 Å². The van der Waals surface area contributed by atoms with Crippen molar-refractivity contribution in [1.82, 2.24) is 15.2 Å². The van der Waals surface area contributed by atoms with Gasteiger partial charge in [0.1, 0.15) is 18.8 Å². The van der Waals surface area contributed by atoms with Crippen LogP contribution in [0.15, 0.2) is 48.7 Å². The van der Waals surface area contributed by atoms with Crippen molar-refractivity contribution in [1.29, 1.82) is 0 Å². The van der Waals surface area contributed by atoms with Crippen LogP contribution in [0.3, 0.4) is 0 Å². The molecular formula is C23H29N3O5. The summed E-state index contributed by atoms with van der Waals surface area (Å²) in [6, 6.07) is 12.5. The molecule has 2 atom stereocenters. The van der Waals surface area contributed by atoms with E-state index in [0.29, 0.717) is 31.2 Å². The zero-order chi connectivity index (χ0) is 21.5. The largest absolute Gasteiger partial charge is 0.469 e. The number of alkyl carbamates (subject to hydrolysis) is 1. The topological polar surface area (TPSA) is 93.2 Å². The van der Waals surface area contributed by atoms with Gasteiger partial charge in [0, 0.05) is 24.4 Å². The van der Waals surface area contributed by atoms with E-state index in [1.54, 1.807) is 18.3 Å². The van der Waals surface area contributed by atoms with Crippen molar-refractivity contribution < 1.29 is 24.1 Å². The Kier molecular flexibility index (Phi) is 7.35. The van der Waals surface area contributed by atoms with Gasteiger partial charge < -0.3 is 29.5 Å². The van der Waals surface area contributed by atoms with E-state index in [0.717, 1.165) is 31.5 Å². The third kappa shape index (κ3) is 6.16. The Bertz CT molecular complexity index is 823. The van der Waals surface area contributed by atoms with Crippen LogP contribution in [0.25, 0.3) is 0 Å². The van der Waals surface area contributed by atoms with E-state index in [1.807, 2.05) is 30.3 Å². The van der Waals surface area contributed by atoms with Gasteiger partial charge in [-0.3, -0.25) is 0 Å². The normalized spacial score (nSPS) is 18.7. The molecule has 1 aromatic heterocycles. The minimum Gasteiger partial charge on any atom is -0.469 e. The second-order valence-electron chi connectivity index (χ2n) is 7.97. The first-order valence-electron chi connectivity index (χ1n) is 10.8. The number of amides is 1. The molecule has 2 aliphatic rings. The lowest BCUT2D eigenvalue weighted by molar-refractivity contribution is -0.0813. The van der Waals surface area contributed by atoms with E-state index in [2.05, 4.69) is 15.2 Å². The van der Waals surface area contributed by atoms with E-state index in [9.17, 15) is 9.90 Å². The van der Waals surface area contributed by atoms with Crippen LogP contribution < -0.4 is 10.1 Å². The van der Waals surface area contributed by atoms with Gasteiger partial charge in [-0.25, -0.2) is 9.78 Å². The van der Waals surface area contributed by atoms with Crippen LogP contribution in [0.5, 0.6) is 5.88 Å². The average Bonchev–Trinajstić information content (AvgIpc) is 3.28. The van der Waals surface area contributed by atoms with E-state index in [-0.39, 0.29) is 12.7 Å². The maximum absolute atomic E-state index is 12.4. The average molecular weight is 428 g/mol. The highest BCUT2D eigenvalue weighted by atomic mass is 16.6. The number of nitrogens with one attached hydrogen (secondary N) is 1. The quantitative estimate of drug-likeness (QED) is 0.634. The molecule has 1 unspecified atom stereocenters. The van der Waals surface area contributed by atoms with Gasteiger partial charge in [0.25, 0.3) is 0 Å². The number of benzene rings is 1. The molecule has 2 aliphatic heterocycles. The number of nitrogens with zero attached hydrogens (tertiary/aromatic N) is 2. The smallest absolute Gasteiger partial charge is 0.407 e. The summed E-state index contributed by atoms with van der Waals surface area (Å²) in [5, 5.41) is 13.9. The van der Waals surface area contributed by atoms with Gasteiger partial charge in [-0.2, -0.15) is 0 Å². The Morgan fingerprint density at radius 3 is 2.61 bits per heavy atom. The van der Waals surface area contributed by atoms with Gasteiger partial charge in [-0.05, 0) is 37.6 Å². The molecule has 4 rings (SSSR count). The number of rotatable bonds is 9. The van der Waals surface area contributed by atoms with E-state index in [4.69, 9.17) is 14.2 Å². The van der Waals surface area contributed by atoms with Gasteiger partial charge in [0.05, 0.1) is 19.3 Å². The molecule has 2 aromatic rings. The Hall–Kier alpha value is -2.68. The standard InChI is InChI=1S/C23H29N3O5/c27-22(18-8-9-21(24-12-18)31-19-15-29-16-19)20(13-26-10-4-5-11-26)25-23(28)30-14-17-6-2-1-3-7-17/h1-3,6-9,12,19-20,22,27H,4-5,10-11,13-16H2,(H,25,28)/t20-,22?/m1/s1. The number of carbonyl (C=O) groups is 1. The zero-order valence-corrected chi connectivity index (χ0v) is 17.5. The Balaban J connectivity index is 1.37. The molecule has 0 bridgehead atoms. The van der Waals surface area contributed by atoms with Crippen molar-refractivity contribution in [2.75, 3.05) is 32.8 Å². The fourth-order valence-corrected chi connectivity index (χ4v) is 3.71. The number of carbonyl (C=O) groups excluding carboxylic acids is 1. The second kappa shape index (κ2) is 10.6. The van der Waals surface area contributed by atoms with Crippen LogP contribution in [-0.2, 0) is 16.1 Å². The lowest BCUT2D eigenvalue weighted by Crippen LogP contribution is -2.46. The van der Waals surface area contributed by atoms with Gasteiger partial charge in [-0.15, -0.1) is 0 Å². The van der Waals surface area contributed by atoms with Crippen molar-refractivity contribution in [3.8, 4) is 5.88 Å². The van der Waals surface area contributed by atoms with Crippen molar-refractivity contribution >= 4 is 6.09 Å². The van der Waals surface area contributed by atoms with Crippen molar-refractivity contribution in [3.05, 3.63) is 59.8 Å². The van der Waals surface area contributed by atoms with Crippen LogP contribution in [0, 0.1) is 0 Å². The summed E-state index contributed by atoms with van der Waals surface area (Å²) in [6.07, 6.45) is 2.41. The summed E-state index contributed by atoms with van der Waals surface area (Å²) in [7, 11) is 0. The van der Waals surface area contributed by atoms with Gasteiger partial charge in [0.15, 0.2) is 0 Å². The number of aliphatic hydroxyl groups is 1. The molecule has 166 valence electrons. The molecule has 8 nitrogen and oxygen atoms in total. The summed E-state index contributed by atoms with van der Waals surface area (Å²) >= 11 is 0. The number of ether oxygens (including phenoxy) is 3. The number of hydrogen-bond donors (Lipinski definition) is 2. The molecule has 8 heteroatoms. The molecule has 31 heavy (non-hydrogen) atoms. The maximum atomic E-state index is 12.4. The van der Waals surface area contributed by atoms with Crippen LogP contribution in [0.4, 0.5) is 4.79 Å². The van der Waals surface area contributed by atoms with Crippen LogP contribution in [-0.4, -0.2) is 66.1 Å². The van der Waals surface area contributed by atoms with Crippen LogP contribution in [0.2, 0.25) is 0 Å². The highest BCUT2D eigenvalue weighted by molar-refractivity contribution is 5.67. The first-order valence-corrected chi connectivity index (χ1v) is 10.8. The summed E-state index contributed by atoms with van der Waals surface area (Å²) in [4.78, 5) is 19.0. The molecular weight excluding hydrogens is 398 g/mol. The Morgan fingerprint density at radius 2 is 1.97 bits per heavy atom. The summed E-state index contributed by atoms with van der Waals surface area (Å²) in [5.74, 6) is 0.496. The lowest BCUT2D eigenvalue weighted by Gasteiger charge is -2.28. The fraction of sp³-hybridized carbons (Fsp3) is 0.478. The molecule has 3 heterocycles. The fourth-order valence-electron chi connectivity index (χ4n) is 3.71. The van der Waals surface area contributed by atoms with E-state index < -0.39 is 18.2 Å². The molecule has 0 radical (unpaired) electrons. The molecule has 2 saturated heterocycles. The molecule has 0 aliphatic carbocycles.